The summed E-state index contributed by atoms with van der Waals surface area (Å²) in [5, 5.41) is 2.62. The molecule has 2 rings (SSSR count). The second kappa shape index (κ2) is 6.37. The molecule has 5 heteroatoms. The molecule has 108 valence electrons. The molecule has 1 heterocycles. The third kappa shape index (κ3) is 3.47. The zero-order valence-electron chi connectivity index (χ0n) is 11.7. The second-order valence-electron chi connectivity index (χ2n) is 5.86. The van der Waals surface area contributed by atoms with Crippen molar-refractivity contribution in [2.45, 2.75) is 57.0 Å². The van der Waals surface area contributed by atoms with Crippen molar-refractivity contribution in [1.29, 1.82) is 0 Å². The van der Waals surface area contributed by atoms with Crippen LogP contribution in [-0.4, -0.2) is 42.4 Å². The standard InChI is InChI=1S/C14H25N3O2/c1-16-14(19)12-8-11(15)9-17(12)13(18)7-6-10-4-2-3-5-10/h10-12H,2-9,15H2,1H3,(H,16,19)/t11-,12+/m1/s1. The van der Waals surface area contributed by atoms with Gasteiger partial charge in [-0.2, -0.15) is 0 Å². The fourth-order valence-corrected chi connectivity index (χ4v) is 3.33. The molecule has 0 spiro atoms. The maximum Gasteiger partial charge on any atom is 0.242 e. The molecule has 2 fully saturated rings. The number of nitrogens with one attached hydrogen (secondary N) is 1. The number of likely N-dealkylation sites (N-methyl/N-ethyl adjacent to an activating group) is 1. The number of hydrogen-bond donors (Lipinski definition) is 2. The number of nitrogens with two attached hydrogens (primary N) is 1. The van der Waals surface area contributed by atoms with Crippen LogP contribution < -0.4 is 11.1 Å². The Labute approximate surface area is 114 Å². The molecule has 0 aromatic rings. The van der Waals surface area contributed by atoms with Crippen molar-refractivity contribution < 1.29 is 9.59 Å². The summed E-state index contributed by atoms with van der Waals surface area (Å²) >= 11 is 0. The van der Waals surface area contributed by atoms with Crippen LogP contribution in [0.4, 0.5) is 0 Å². The van der Waals surface area contributed by atoms with Gasteiger partial charge in [0.1, 0.15) is 6.04 Å². The number of amides is 2. The summed E-state index contributed by atoms with van der Waals surface area (Å²) in [5.74, 6) is 0.703. The van der Waals surface area contributed by atoms with E-state index in [1.165, 1.54) is 25.7 Å². The normalized spacial score (nSPS) is 27.8. The average molecular weight is 267 g/mol. The highest BCUT2D eigenvalue weighted by atomic mass is 16.2. The first-order valence-corrected chi connectivity index (χ1v) is 7.38. The molecule has 1 aliphatic heterocycles. The molecular formula is C14H25N3O2. The number of carbonyl (C=O) groups excluding carboxylic acids is 2. The fraction of sp³-hybridized carbons (Fsp3) is 0.857. The summed E-state index contributed by atoms with van der Waals surface area (Å²) in [4.78, 5) is 25.7. The molecule has 0 unspecified atom stereocenters. The molecule has 2 atom stereocenters. The highest BCUT2D eigenvalue weighted by molar-refractivity contribution is 5.88. The first-order valence-electron chi connectivity index (χ1n) is 7.38. The van der Waals surface area contributed by atoms with E-state index in [0.717, 1.165) is 6.42 Å². The third-order valence-electron chi connectivity index (χ3n) is 4.44. The number of hydrogen-bond acceptors (Lipinski definition) is 3. The van der Waals surface area contributed by atoms with Crippen LogP contribution >= 0.6 is 0 Å². The van der Waals surface area contributed by atoms with Crippen molar-refractivity contribution >= 4 is 11.8 Å². The SMILES string of the molecule is CNC(=O)[C@@H]1C[C@@H](N)CN1C(=O)CCC1CCCC1. The Balaban J connectivity index is 1.87. The monoisotopic (exact) mass is 267 g/mol. The molecule has 3 N–H and O–H groups in total. The maximum absolute atomic E-state index is 12.3. The van der Waals surface area contributed by atoms with E-state index in [2.05, 4.69) is 5.32 Å². The van der Waals surface area contributed by atoms with Crippen molar-refractivity contribution in [3.63, 3.8) is 0 Å². The minimum Gasteiger partial charge on any atom is -0.357 e. The molecule has 0 aromatic heterocycles. The molecular weight excluding hydrogens is 242 g/mol. The Morgan fingerprint density at radius 1 is 1.32 bits per heavy atom. The summed E-state index contributed by atoms with van der Waals surface area (Å²) < 4.78 is 0. The lowest BCUT2D eigenvalue weighted by atomic mass is 10.0. The molecule has 1 saturated carbocycles. The van der Waals surface area contributed by atoms with Gasteiger partial charge in [0.25, 0.3) is 0 Å². The van der Waals surface area contributed by atoms with Crippen LogP contribution in [0.15, 0.2) is 0 Å². The predicted molar refractivity (Wildman–Crippen MR) is 73.4 cm³/mol. The number of nitrogens with zero attached hydrogens (tertiary/aromatic N) is 1. The van der Waals surface area contributed by atoms with Crippen LogP contribution in [0.5, 0.6) is 0 Å². The fourth-order valence-electron chi connectivity index (χ4n) is 3.33. The van der Waals surface area contributed by atoms with Gasteiger partial charge in [0.15, 0.2) is 0 Å². The molecule has 0 bridgehead atoms. The Hall–Kier alpha value is -1.10. The summed E-state index contributed by atoms with van der Waals surface area (Å²) in [5.41, 5.74) is 5.89. The average Bonchev–Trinajstić information content (AvgIpc) is 3.04. The Morgan fingerprint density at radius 3 is 2.63 bits per heavy atom. The van der Waals surface area contributed by atoms with E-state index in [0.29, 0.717) is 25.3 Å². The quantitative estimate of drug-likeness (QED) is 0.784. The summed E-state index contributed by atoms with van der Waals surface area (Å²) in [7, 11) is 1.60. The second-order valence-corrected chi connectivity index (χ2v) is 5.86. The van der Waals surface area contributed by atoms with Gasteiger partial charge in [0.2, 0.25) is 11.8 Å². The van der Waals surface area contributed by atoms with E-state index in [4.69, 9.17) is 5.73 Å². The first kappa shape index (κ1) is 14.3. The number of carbonyl (C=O) groups is 2. The van der Waals surface area contributed by atoms with Gasteiger partial charge in [0.05, 0.1) is 0 Å². The Morgan fingerprint density at radius 2 is 2.00 bits per heavy atom. The highest BCUT2D eigenvalue weighted by Crippen LogP contribution is 2.29. The van der Waals surface area contributed by atoms with Gasteiger partial charge in [0, 0.05) is 26.1 Å². The summed E-state index contributed by atoms with van der Waals surface area (Å²) in [6.07, 6.45) is 7.21. The van der Waals surface area contributed by atoms with Crippen LogP contribution in [0.2, 0.25) is 0 Å². The van der Waals surface area contributed by atoms with E-state index < -0.39 is 0 Å². The van der Waals surface area contributed by atoms with Gasteiger partial charge in [-0.3, -0.25) is 9.59 Å². The van der Waals surface area contributed by atoms with Crippen molar-refractivity contribution in [2.24, 2.45) is 11.7 Å². The minimum atomic E-state index is -0.365. The lowest BCUT2D eigenvalue weighted by molar-refractivity contribution is -0.138. The van der Waals surface area contributed by atoms with E-state index >= 15 is 0 Å². The minimum absolute atomic E-state index is 0.0715. The molecule has 2 aliphatic rings. The topological polar surface area (TPSA) is 75.4 Å². The lowest BCUT2D eigenvalue weighted by Gasteiger charge is -2.23. The largest absolute Gasteiger partial charge is 0.357 e. The third-order valence-corrected chi connectivity index (χ3v) is 4.44. The number of likely N-dealkylation sites (tertiary alicyclic amines) is 1. The van der Waals surface area contributed by atoms with Crippen molar-refractivity contribution in [3.05, 3.63) is 0 Å². The number of rotatable bonds is 4. The van der Waals surface area contributed by atoms with Crippen LogP contribution in [0.1, 0.15) is 44.9 Å². The van der Waals surface area contributed by atoms with Gasteiger partial charge in [-0.15, -0.1) is 0 Å². The van der Waals surface area contributed by atoms with Crippen molar-refractivity contribution in [2.75, 3.05) is 13.6 Å². The smallest absolute Gasteiger partial charge is 0.242 e. The molecule has 19 heavy (non-hydrogen) atoms. The van der Waals surface area contributed by atoms with Gasteiger partial charge < -0.3 is 16.0 Å². The molecule has 1 aliphatic carbocycles. The van der Waals surface area contributed by atoms with Crippen LogP contribution in [0, 0.1) is 5.92 Å². The van der Waals surface area contributed by atoms with Crippen LogP contribution in [-0.2, 0) is 9.59 Å². The van der Waals surface area contributed by atoms with Crippen LogP contribution in [0.3, 0.4) is 0 Å². The van der Waals surface area contributed by atoms with E-state index in [-0.39, 0.29) is 23.9 Å². The Kier molecular flexibility index (Phi) is 4.80. The van der Waals surface area contributed by atoms with Gasteiger partial charge >= 0.3 is 0 Å². The molecule has 0 aromatic carbocycles. The molecule has 0 radical (unpaired) electrons. The molecule has 2 amide bonds. The van der Waals surface area contributed by atoms with Gasteiger partial charge in [-0.1, -0.05) is 25.7 Å². The highest BCUT2D eigenvalue weighted by Gasteiger charge is 2.37. The lowest BCUT2D eigenvalue weighted by Crippen LogP contribution is -2.45. The zero-order chi connectivity index (χ0) is 13.8. The maximum atomic E-state index is 12.3. The van der Waals surface area contributed by atoms with E-state index in [9.17, 15) is 9.59 Å². The van der Waals surface area contributed by atoms with Gasteiger partial charge in [-0.05, 0) is 18.8 Å². The van der Waals surface area contributed by atoms with Crippen LogP contribution in [0.25, 0.3) is 0 Å². The summed E-state index contributed by atoms with van der Waals surface area (Å²) in [6, 6.07) is -0.436. The van der Waals surface area contributed by atoms with Crippen molar-refractivity contribution in [1.82, 2.24) is 10.2 Å². The molecule has 1 saturated heterocycles. The predicted octanol–water partition coefficient (Wildman–Crippen LogP) is 0.631. The molecule has 5 nitrogen and oxygen atoms in total. The summed E-state index contributed by atoms with van der Waals surface area (Å²) in [6.45, 7) is 0.515. The Bertz CT molecular complexity index is 340. The zero-order valence-corrected chi connectivity index (χ0v) is 11.7. The van der Waals surface area contributed by atoms with E-state index in [1.807, 2.05) is 0 Å². The van der Waals surface area contributed by atoms with Gasteiger partial charge in [-0.25, -0.2) is 0 Å². The van der Waals surface area contributed by atoms with E-state index in [1.54, 1.807) is 11.9 Å². The van der Waals surface area contributed by atoms with Crippen molar-refractivity contribution in [3.8, 4) is 0 Å². The first-order chi connectivity index (χ1) is 9.11.